The molecule has 160 valence electrons. The third-order valence-electron chi connectivity index (χ3n) is 7.16. The number of nitrogens with one attached hydrogen (secondary N) is 2. The topological polar surface area (TPSA) is 78.5 Å². The third kappa shape index (κ3) is 2.69. The van der Waals surface area contributed by atoms with Crippen LogP contribution in [-0.2, 0) is 26.5 Å². The van der Waals surface area contributed by atoms with Gasteiger partial charge in [0.15, 0.2) is 0 Å². The first kappa shape index (κ1) is 19.9. The van der Waals surface area contributed by atoms with Crippen molar-refractivity contribution in [1.82, 2.24) is 10.2 Å². The predicted molar refractivity (Wildman–Crippen MR) is 112 cm³/mol. The van der Waals surface area contributed by atoms with Crippen LogP contribution in [-0.4, -0.2) is 28.7 Å². The third-order valence-corrected chi connectivity index (χ3v) is 7.16. The van der Waals surface area contributed by atoms with Gasteiger partial charge in [-0.2, -0.15) is 0 Å². The number of anilines is 1. The Bertz CT molecular complexity index is 1090. The maximum absolute atomic E-state index is 13.7. The molecule has 0 saturated carbocycles. The van der Waals surface area contributed by atoms with Gasteiger partial charge in [-0.1, -0.05) is 50.6 Å². The summed E-state index contributed by atoms with van der Waals surface area (Å²) in [4.78, 5) is 41.7. The van der Waals surface area contributed by atoms with Crippen LogP contribution in [0.1, 0.15) is 31.4 Å². The summed E-state index contributed by atoms with van der Waals surface area (Å²) in [5, 5.41) is 6.35. The van der Waals surface area contributed by atoms with Crippen molar-refractivity contribution in [2.75, 3.05) is 5.32 Å². The van der Waals surface area contributed by atoms with Crippen molar-refractivity contribution < 1.29 is 18.8 Å². The number of carbonyl (C=O) groups excluding carboxylic acids is 3. The fourth-order valence-electron chi connectivity index (χ4n) is 5.42. The van der Waals surface area contributed by atoms with Crippen LogP contribution in [0, 0.1) is 23.6 Å². The van der Waals surface area contributed by atoms with E-state index in [1.165, 1.54) is 17.0 Å². The summed E-state index contributed by atoms with van der Waals surface area (Å²) < 4.78 is 13.3. The lowest BCUT2D eigenvalue weighted by Crippen LogP contribution is -2.54. The quantitative estimate of drug-likeness (QED) is 0.745. The van der Waals surface area contributed by atoms with Crippen LogP contribution in [0.2, 0.25) is 0 Å². The Labute approximate surface area is 179 Å². The van der Waals surface area contributed by atoms with E-state index < -0.39 is 17.4 Å². The fourth-order valence-corrected chi connectivity index (χ4v) is 5.42. The minimum atomic E-state index is -1.26. The number of likely N-dealkylation sites (tertiary alicyclic amines) is 1. The van der Waals surface area contributed by atoms with Crippen molar-refractivity contribution in [3.63, 3.8) is 0 Å². The summed E-state index contributed by atoms with van der Waals surface area (Å²) >= 11 is 0. The van der Waals surface area contributed by atoms with Crippen molar-refractivity contribution >= 4 is 23.4 Å². The number of fused-ring (bicyclic) bond motifs is 4. The highest BCUT2D eigenvalue weighted by Crippen LogP contribution is 2.54. The zero-order valence-corrected chi connectivity index (χ0v) is 17.4. The Morgan fingerprint density at radius 2 is 1.77 bits per heavy atom. The Morgan fingerprint density at radius 1 is 1.06 bits per heavy atom. The zero-order valence-electron chi connectivity index (χ0n) is 17.4. The normalized spacial score (nSPS) is 30.0. The van der Waals surface area contributed by atoms with Crippen molar-refractivity contribution in [1.29, 1.82) is 0 Å². The molecule has 2 N–H and O–H groups in total. The van der Waals surface area contributed by atoms with E-state index in [-0.39, 0.29) is 42.0 Å². The van der Waals surface area contributed by atoms with Gasteiger partial charge in [0.25, 0.3) is 0 Å². The molecule has 3 aliphatic rings. The molecular formula is C24H24FN3O3. The minimum Gasteiger partial charge on any atom is -0.324 e. The first-order valence-corrected chi connectivity index (χ1v) is 10.7. The minimum absolute atomic E-state index is 0.0670. The number of para-hydroxylation sites is 1. The fraction of sp³-hybridized carbons (Fsp3) is 0.375. The highest BCUT2D eigenvalue weighted by atomic mass is 19.1. The molecule has 7 heteroatoms. The van der Waals surface area contributed by atoms with Gasteiger partial charge in [0.05, 0.1) is 18.4 Å². The van der Waals surface area contributed by atoms with Gasteiger partial charge in [0.1, 0.15) is 11.4 Å². The zero-order chi connectivity index (χ0) is 21.9. The van der Waals surface area contributed by atoms with Gasteiger partial charge in [0.2, 0.25) is 17.7 Å². The molecule has 0 aliphatic carbocycles. The van der Waals surface area contributed by atoms with Crippen LogP contribution in [0.3, 0.4) is 0 Å². The lowest BCUT2D eigenvalue weighted by atomic mass is 9.75. The lowest BCUT2D eigenvalue weighted by Gasteiger charge is -2.30. The molecular weight excluding hydrogens is 397 g/mol. The highest BCUT2D eigenvalue weighted by molar-refractivity contribution is 6.15. The predicted octanol–water partition coefficient (Wildman–Crippen LogP) is 2.79. The van der Waals surface area contributed by atoms with Crippen molar-refractivity contribution in [3.8, 4) is 0 Å². The van der Waals surface area contributed by atoms with Crippen molar-refractivity contribution in [3.05, 3.63) is 65.5 Å². The second-order valence-electron chi connectivity index (χ2n) is 8.76. The molecule has 2 saturated heterocycles. The summed E-state index contributed by atoms with van der Waals surface area (Å²) in [6.45, 7) is 4.14. The van der Waals surface area contributed by atoms with Crippen molar-refractivity contribution in [2.24, 2.45) is 17.8 Å². The lowest BCUT2D eigenvalue weighted by molar-refractivity contribution is -0.143. The van der Waals surface area contributed by atoms with Gasteiger partial charge in [-0.25, -0.2) is 4.39 Å². The molecule has 31 heavy (non-hydrogen) atoms. The molecule has 0 bridgehead atoms. The molecule has 0 aromatic heterocycles. The molecule has 5 atom stereocenters. The molecule has 2 fully saturated rings. The number of imide groups is 1. The molecule has 0 unspecified atom stereocenters. The average Bonchev–Trinajstić information content (AvgIpc) is 3.36. The van der Waals surface area contributed by atoms with Gasteiger partial charge in [-0.05, 0) is 29.7 Å². The molecule has 5 rings (SSSR count). The molecule has 1 spiro atoms. The molecule has 3 aliphatic heterocycles. The first-order chi connectivity index (χ1) is 14.9. The highest BCUT2D eigenvalue weighted by Gasteiger charge is 2.70. The van der Waals surface area contributed by atoms with Gasteiger partial charge in [-0.15, -0.1) is 0 Å². The Morgan fingerprint density at radius 3 is 2.48 bits per heavy atom. The van der Waals surface area contributed by atoms with E-state index in [0.717, 1.165) is 6.42 Å². The number of hydrogen-bond acceptors (Lipinski definition) is 4. The largest absolute Gasteiger partial charge is 0.324 e. The number of carbonyl (C=O) groups is 3. The van der Waals surface area contributed by atoms with Gasteiger partial charge in [0, 0.05) is 17.3 Å². The van der Waals surface area contributed by atoms with Gasteiger partial charge < -0.3 is 5.32 Å². The number of amides is 3. The van der Waals surface area contributed by atoms with Gasteiger partial charge in [-0.3, -0.25) is 24.6 Å². The van der Waals surface area contributed by atoms with Crippen LogP contribution in [0.15, 0.2) is 48.5 Å². The van der Waals surface area contributed by atoms with E-state index >= 15 is 0 Å². The maximum Gasteiger partial charge on any atom is 0.250 e. The summed E-state index contributed by atoms with van der Waals surface area (Å²) in [5.74, 6) is -2.65. The van der Waals surface area contributed by atoms with Crippen LogP contribution >= 0.6 is 0 Å². The second-order valence-corrected chi connectivity index (χ2v) is 8.76. The molecule has 2 aromatic carbocycles. The Kier molecular flexibility index (Phi) is 4.48. The SMILES string of the molecule is CC[C@@H](C)[C@@H]1N[C@]2(C(=O)Nc3ccccc32)[C@@H]2C(=O)N(Cc3ccc(F)cc3)C(=O)[C@H]12. The van der Waals surface area contributed by atoms with Crippen LogP contribution in [0.25, 0.3) is 0 Å². The number of benzene rings is 2. The van der Waals surface area contributed by atoms with Crippen LogP contribution < -0.4 is 10.6 Å². The molecule has 6 nitrogen and oxygen atoms in total. The Balaban J connectivity index is 1.60. The number of nitrogens with zero attached hydrogens (tertiary/aromatic N) is 1. The smallest absolute Gasteiger partial charge is 0.250 e. The number of rotatable bonds is 4. The van der Waals surface area contributed by atoms with E-state index in [2.05, 4.69) is 10.6 Å². The maximum atomic E-state index is 13.7. The molecule has 3 heterocycles. The standard InChI is InChI=1S/C24H24FN3O3/c1-3-13(2)20-18-19(24(27-20)16-6-4-5-7-17(16)26-23(24)31)22(30)28(21(18)29)12-14-8-10-15(25)11-9-14/h4-11,13,18-20,27H,3,12H2,1-2H3,(H,26,31)/t13-,18+,19+,20+,24+/m1/s1. The van der Waals surface area contributed by atoms with Crippen LogP contribution in [0.4, 0.5) is 10.1 Å². The average molecular weight is 421 g/mol. The van der Waals surface area contributed by atoms with Gasteiger partial charge >= 0.3 is 0 Å². The van der Waals surface area contributed by atoms with E-state index in [4.69, 9.17) is 0 Å². The summed E-state index contributed by atoms with van der Waals surface area (Å²) in [6, 6.07) is 12.8. The number of hydrogen-bond donors (Lipinski definition) is 2. The summed E-state index contributed by atoms with van der Waals surface area (Å²) in [6.07, 6.45) is 0.805. The van der Waals surface area contributed by atoms with Crippen molar-refractivity contribution in [2.45, 2.75) is 38.4 Å². The first-order valence-electron chi connectivity index (χ1n) is 10.7. The van der Waals surface area contributed by atoms with E-state index in [0.29, 0.717) is 16.8 Å². The number of halogens is 1. The molecule has 2 aromatic rings. The monoisotopic (exact) mass is 421 g/mol. The summed E-state index contributed by atoms with van der Waals surface area (Å²) in [7, 11) is 0. The van der Waals surface area contributed by atoms with E-state index in [1.807, 2.05) is 38.1 Å². The van der Waals surface area contributed by atoms with Crippen LogP contribution in [0.5, 0.6) is 0 Å². The summed E-state index contributed by atoms with van der Waals surface area (Å²) in [5.41, 5.74) is 0.785. The second kappa shape index (κ2) is 6.99. The molecule has 0 radical (unpaired) electrons. The molecule has 3 amide bonds. The Hall–Kier alpha value is -3.06. The van der Waals surface area contributed by atoms with E-state index in [9.17, 15) is 18.8 Å². The van der Waals surface area contributed by atoms with E-state index in [1.54, 1.807) is 12.1 Å².